The van der Waals surface area contributed by atoms with Crippen molar-refractivity contribution in [2.24, 2.45) is 5.92 Å². The van der Waals surface area contributed by atoms with Gasteiger partial charge in [-0.2, -0.15) is 0 Å². The summed E-state index contributed by atoms with van der Waals surface area (Å²) in [5.41, 5.74) is 6.54. The minimum Gasteiger partial charge on any atom is -0.493 e. The first-order valence-electron chi connectivity index (χ1n) is 13.4. The van der Waals surface area contributed by atoms with Crippen LogP contribution in [0.5, 0.6) is 17.2 Å². The lowest BCUT2D eigenvalue weighted by molar-refractivity contribution is -0.142. The summed E-state index contributed by atoms with van der Waals surface area (Å²) in [6.45, 7) is 4.33. The van der Waals surface area contributed by atoms with Gasteiger partial charge in [-0.3, -0.25) is 4.79 Å². The van der Waals surface area contributed by atoms with Gasteiger partial charge in [0.05, 0.1) is 24.9 Å². The maximum Gasteiger partial charge on any atom is 0.306 e. The number of aryl methyl sites for hydroxylation is 1. The van der Waals surface area contributed by atoms with E-state index in [1.54, 1.807) is 25.1 Å². The molecular weight excluding hydrogens is 535 g/mol. The smallest absolute Gasteiger partial charge is 0.306 e. The fourth-order valence-electron chi connectivity index (χ4n) is 5.44. The van der Waals surface area contributed by atoms with E-state index in [2.05, 4.69) is 0 Å². The number of halogens is 1. The van der Waals surface area contributed by atoms with Crippen molar-refractivity contribution in [3.63, 3.8) is 0 Å². The molecule has 7 nitrogen and oxygen atoms in total. The first-order chi connectivity index (χ1) is 19.0. The van der Waals surface area contributed by atoms with E-state index in [-0.39, 0.29) is 24.1 Å². The van der Waals surface area contributed by atoms with Crippen LogP contribution in [-0.4, -0.2) is 44.7 Å². The van der Waals surface area contributed by atoms with Crippen molar-refractivity contribution in [2.75, 3.05) is 25.2 Å². The predicted molar refractivity (Wildman–Crippen MR) is 150 cm³/mol. The van der Waals surface area contributed by atoms with Crippen molar-refractivity contribution in [3.05, 3.63) is 76.1 Å². The van der Waals surface area contributed by atoms with Crippen molar-refractivity contribution in [3.8, 4) is 28.4 Å². The van der Waals surface area contributed by atoms with Crippen LogP contribution < -0.4 is 14.2 Å². The van der Waals surface area contributed by atoms with Crippen molar-refractivity contribution in [1.29, 1.82) is 0 Å². The van der Waals surface area contributed by atoms with E-state index >= 15 is 0 Å². The average molecular weight is 569 g/mol. The molecule has 2 atom stereocenters. The van der Waals surface area contributed by atoms with E-state index in [0.29, 0.717) is 36.7 Å². The van der Waals surface area contributed by atoms with Gasteiger partial charge in [-0.1, -0.05) is 19.1 Å². The third-order valence-corrected chi connectivity index (χ3v) is 8.80. The van der Waals surface area contributed by atoms with Gasteiger partial charge in [-0.05, 0) is 78.3 Å². The molecule has 0 saturated carbocycles. The molecular formula is C31H33FO7S. The van der Waals surface area contributed by atoms with Gasteiger partial charge >= 0.3 is 5.97 Å². The van der Waals surface area contributed by atoms with Crippen LogP contribution in [0, 0.1) is 18.7 Å². The van der Waals surface area contributed by atoms with Crippen LogP contribution in [0.15, 0.2) is 42.5 Å². The van der Waals surface area contributed by atoms with Crippen LogP contribution in [0.25, 0.3) is 11.1 Å². The van der Waals surface area contributed by atoms with Gasteiger partial charge in [0.25, 0.3) is 0 Å². The number of carbonyl (C=O) groups is 1. The molecule has 1 N–H and O–H groups in total. The number of rotatable bonds is 11. The summed E-state index contributed by atoms with van der Waals surface area (Å²) in [6.07, 6.45) is 3.44. The van der Waals surface area contributed by atoms with Gasteiger partial charge in [0.1, 0.15) is 39.5 Å². The summed E-state index contributed by atoms with van der Waals surface area (Å²) in [6, 6.07) is 12.3. The zero-order valence-corrected chi connectivity index (χ0v) is 23.6. The van der Waals surface area contributed by atoms with Crippen molar-refractivity contribution < 1.29 is 36.9 Å². The Kier molecular flexibility index (Phi) is 7.77. The molecule has 40 heavy (non-hydrogen) atoms. The molecule has 9 heteroatoms. The van der Waals surface area contributed by atoms with Gasteiger partial charge in [-0.25, -0.2) is 12.8 Å². The highest BCUT2D eigenvalue weighted by Crippen LogP contribution is 2.43. The standard InChI is InChI=1S/C31H33FO7S/c1-18-13-28(37-11-4-12-40(3,35)36)23-8-9-25(23)30(18)20-5-10-27(32)21(14-20)16-38-22-6-7-24-26(19(2)31(33)34)17-39-29(24)15-22/h5-7,10,13-15,19,26H,4,8-9,11-12,16-17H2,1-3H3,(H,33,34)/t19?,26-/m0/s1. The molecule has 0 spiro atoms. The van der Waals surface area contributed by atoms with Crippen molar-refractivity contribution >= 4 is 15.8 Å². The zero-order chi connectivity index (χ0) is 28.6. The highest BCUT2D eigenvalue weighted by atomic mass is 32.2. The van der Waals surface area contributed by atoms with Crippen LogP contribution in [0.3, 0.4) is 0 Å². The van der Waals surface area contributed by atoms with Gasteiger partial charge in [0, 0.05) is 29.4 Å². The fourth-order valence-corrected chi connectivity index (χ4v) is 6.09. The molecule has 2 aliphatic rings. The molecule has 3 aromatic rings. The molecule has 1 aliphatic heterocycles. The second-order valence-corrected chi connectivity index (χ2v) is 13.0. The van der Waals surface area contributed by atoms with E-state index in [1.807, 2.05) is 25.1 Å². The van der Waals surface area contributed by atoms with Crippen molar-refractivity contribution in [2.45, 2.75) is 45.6 Å². The van der Waals surface area contributed by atoms with Gasteiger partial charge in [-0.15, -0.1) is 0 Å². The number of hydrogen-bond donors (Lipinski definition) is 1. The summed E-state index contributed by atoms with van der Waals surface area (Å²) in [5, 5.41) is 9.36. The third kappa shape index (κ3) is 5.80. The Morgan fingerprint density at radius 2 is 1.90 bits per heavy atom. The van der Waals surface area contributed by atoms with Crippen molar-refractivity contribution in [1.82, 2.24) is 0 Å². The van der Waals surface area contributed by atoms with E-state index < -0.39 is 21.7 Å². The molecule has 0 aromatic heterocycles. The molecule has 212 valence electrons. The highest BCUT2D eigenvalue weighted by molar-refractivity contribution is 7.90. The van der Waals surface area contributed by atoms with E-state index in [4.69, 9.17) is 14.2 Å². The molecule has 5 rings (SSSR count). The second-order valence-electron chi connectivity index (χ2n) is 10.7. The number of carboxylic acids is 1. The Morgan fingerprint density at radius 1 is 1.12 bits per heavy atom. The zero-order valence-electron chi connectivity index (χ0n) is 22.8. The van der Waals surface area contributed by atoms with Gasteiger partial charge < -0.3 is 19.3 Å². The second kappa shape index (κ2) is 11.1. The number of ether oxygens (including phenoxy) is 3. The first kappa shape index (κ1) is 28.0. The van der Waals surface area contributed by atoms with Crippen LogP contribution in [0.1, 0.15) is 47.1 Å². The number of aliphatic carboxylic acids is 1. The van der Waals surface area contributed by atoms with Crippen LogP contribution >= 0.6 is 0 Å². The molecule has 0 amide bonds. The van der Waals surface area contributed by atoms with Crippen LogP contribution in [-0.2, 0) is 34.1 Å². The fraction of sp³-hybridized carbons (Fsp3) is 0.387. The summed E-state index contributed by atoms with van der Waals surface area (Å²) >= 11 is 0. The Labute approximate surface area is 233 Å². The number of hydrogen-bond acceptors (Lipinski definition) is 6. The van der Waals surface area contributed by atoms with Crippen LogP contribution in [0.4, 0.5) is 4.39 Å². The lowest BCUT2D eigenvalue weighted by Gasteiger charge is -2.28. The largest absolute Gasteiger partial charge is 0.493 e. The summed E-state index contributed by atoms with van der Waals surface area (Å²) in [4.78, 5) is 11.4. The molecule has 0 fully saturated rings. The average Bonchev–Trinajstić information content (AvgIpc) is 3.30. The van der Waals surface area contributed by atoms with E-state index in [9.17, 15) is 22.7 Å². The number of sulfone groups is 1. The number of fused-ring (bicyclic) bond motifs is 2. The molecule has 3 aromatic carbocycles. The first-order valence-corrected chi connectivity index (χ1v) is 15.4. The molecule has 1 aliphatic carbocycles. The molecule has 0 radical (unpaired) electrons. The third-order valence-electron chi connectivity index (χ3n) is 7.77. The Bertz CT molecular complexity index is 1560. The maximum atomic E-state index is 14.8. The predicted octanol–water partition coefficient (Wildman–Crippen LogP) is 5.49. The summed E-state index contributed by atoms with van der Waals surface area (Å²) < 4.78 is 55.2. The van der Waals surface area contributed by atoms with Gasteiger partial charge in [0.2, 0.25) is 0 Å². The Balaban J connectivity index is 1.31. The topological polar surface area (TPSA) is 99.1 Å². The molecule has 0 saturated heterocycles. The molecule has 1 heterocycles. The minimum absolute atomic E-state index is 0.0240. The molecule has 1 unspecified atom stereocenters. The normalized spacial score (nSPS) is 16.4. The van der Waals surface area contributed by atoms with Gasteiger partial charge in [0.15, 0.2) is 0 Å². The van der Waals surface area contributed by atoms with E-state index in [1.165, 1.54) is 17.9 Å². The minimum atomic E-state index is -3.02. The lowest BCUT2D eigenvalue weighted by Crippen LogP contribution is -2.19. The monoisotopic (exact) mass is 568 g/mol. The number of benzene rings is 3. The summed E-state index contributed by atoms with van der Waals surface area (Å²) in [5.74, 6) is -0.0150. The maximum absolute atomic E-state index is 14.8. The molecule has 0 bridgehead atoms. The van der Waals surface area contributed by atoms with E-state index in [0.717, 1.165) is 46.4 Å². The lowest BCUT2D eigenvalue weighted by atomic mass is 9.79. The highest BCUT2D eigenvalue weighted by Gasteiger charge is 2.33. The Hall–Kier alpha value is -3.59. The number of carboxylic acid groups (broad SMARTS) is 1. The summed E-state index contributed by atoms with van der Waals surface area (Å²) in [7, 11) is -3.02. The quantitative estimate of drug-likeness (QED) is 0.306. The van der Waals surface area contributed by atoms with Crippen LogP contribution in [0.2, 0.25) is 0 Å². The Morgan fingerprint density at radius 3 is 2.60 bits per heavy atom. The SMILES string of the molecule is Cc1cc(OCCCS(C)(=O)=O)c2c(c1-c1ccc(F)c(COc3ccc4c(c3)OC[C@H]4C(C)C(=O)O)c1)CC2.